The predicted octanol–water partition coefficient (Wildman–Crippen LogP) is 2.48. The number of carbonyl (C=O) groups excluding carboxylic acids is 1. The minimum absolute atomic E-state index is 0.0454. The van der Waals surface area contributed by atoms with E-state index in [-0.39, 0.29) is 18.1 Å². The van der Waals surface area contributed by atoms with Crippen molar-refractivity contribution in [1.82, 2.24) is 10.6 Å². The Kier molecular flexibility index (Phi) is 8.86. The highest BCUT2D eigenvalue weighted by atomic mass is 16.5. The van der Waals surface area contributed by atoms with Crippen molar-refractivity contribution in [3.8, 4) is 0 Å². The SMILES string of the molecule is CCCNCCNC(=O)C(CC)OC1CCCC(C)C1. The normalized spacial score (nSPS) is 24.4. The lowest BCUT2D eigenvalue weighted by molar-refractivity contribution is -0.138. The topological polar surface area (TPSA) is 50.4 Å². The number of rotatable bonds is 9. The van der Waals surface area contributed by atoms with Crippen molar-refractivity contribution in [3.05, 3.63) is 0 Å². The van der Waals surface area contributed by atoms with E-state index in [2.05, 4.69) is 24.5 Å². The van der Waals surface area contributed by atoms with Gasteiger partial charge in [0.05, 0.1) is 6.10 Å². The summed E-state index contributed by atoms with van der Waals surface area (Å²) in [5.41, 5.74) is 0. The minimum Gasteiger partial charge on any atom is -0.365 e. The van der Waals surface area contributed by atoms with Crippen LogP contribution in [0.25, 0.3) is 0 Å². The monoisotopic (exact) mass is 284 g/mol. The molecule has 0 heterocycles. The Labute approximate surface area is 124 Å². The molecule has 1 saturated carbocycles. The highest BCUT2D eigenvalue weighted by Gasteiger charge is 2.25. The molecule has 0 aliphatic heterocycles. The zero-order valence-electron chi connectivity index (χ0n) is 13.4. The van der Waals surface area contributed by atoms with Crippen molar-refractivity contribution >= 4 is 5.91 Å². The van der Waals surface area contributed by atoms with Crippen LogP contribution in [0.15, 0.2) is 0 Å². The average Bonchev–Trinajstić information content (AvgIpc) is 2.44. The van der Waals surface area contributed by atoms with E-state index in [4.69, 9.17) is 4.74 Å². The molecule has 0 radical (unpaired) electrons. The fourth-order valence-corrected chi connectivity index (χ4v) is 2.77. The molecule has 1 fully saturated rings. The van der Waals surface area contributed by atoms with Gasteiger partial charge in [0.1, 0.15) is 6.10 Å². The molecule has 1 aliphatic rings. The smallest absolute Gasteiger partial charge is 0.249 e. The molecule has 20 heavy (non-hydrogen) atoms. The molecule has 0 aromatic carbocycles. The van der Waals surface area contributed by atoms with Gasteiger partial charge in [-0.15, -0.1) is 0 Å². The predicted molar refractivity (Wildman–Crippen MR) is 82.8 cm³/mol. The zero-order chi connectivity index (χ0) is 14.8. The summed E-state index contributed by atoms with van der Waals surface area (Å²) in [5, 5.41) is 6.25. The molecule has 0 spiro atoms. The lowest BCUT2D eigenvalue weighted by Crippen LogP contribution is -2.41. The van der Waals surface area contributed by atoms with Gasteiger partial charge in [0.2, 0.25) is 5.91 Å². The van der Waals surface area contributed by atoms with E-state index in [0.29, 0.717) is 6.54 Å². The maximum absolute atomic E-state index is 12.1. The molecule has 0 saturated heterocycles. The van der Waals surface area contributed by atoms with Gasteiger partial charge < -0.3 is 15.4 Å². The third-order valence-electron chi connectivity index (χ3n) is 3.94. The van der Waals surface area contributed by atoms with Crippen LogP contribution in [0.5, 0.6) is 0 Å². The van der Waals surface area contributed by atoms with Gasteiger partial charge in [-0.1, -0.05) is 33.6 Å². The van der Waals surface area contributed by atoms with Crippen LogP contribution in [0.1, 0.15) is 59.3 Å². The Morgan fingerprint density at radius 3 is 2.70 bits per heavy atom. The van der Waals surface area contributed by atoms with Gasteiger partial charge in [-0.25, -0.2) is 0 Å². The van der Waals surface area contributed by atoms with Crippen molar-refractivity contribution in [3.63, 3.8) is 0 Å². The number of amides is 1. The first-order chi connectivity index (χ1) is 9.67. The summed E-state index contributed by atoms with van der Waals surface area (Å²) in [5.74, 6) is 0.775. The Morgan fingerprint density at radius 1 is 1.25 bits per heavy atom. The van der Waals surface area contributed by atoms with E-state index in [1.165, 1.54) is 12.8 Å². The molecule has 3 atom stereocenters. The number of ether oxygens (including phenoxy) is 1. The van der Waals surface area contributed by atoms with E-state index in [9.17, 15) is 4.79 Å². The molecule has 1 amide bonds. The standard InChI is InChI=1S/C16H32N2O2/c1-4-9-17-10-11-18-16(19)15(5-2)20-14-8-6-7-13(3)12-14/h13-15,17H,4-12H2,1-3H3,(H,18,19). The maximum Gasteiger partial charge on any atom is 0.249 e. The fourth-order valence-electron chi connectivity index (χ4n) is 2.77. The maximum atomic E-state index is 12.1. The highest BCUT2D eigenvalue weighted by molar-refractivity contribution is 5.80. The summed E-state index contributed by atoms with van der Waals surface area (Å²) < 4.78 is 6.02. The largest absolute Gasteiger partial charge is 0.365 e. The first-order valence-corrected chi connectivity index (χ1v) is 8.31. The van der Waals surface area contributed by atoms with E-state index in [1.807, 2.05) is 6.92 Å². The van der Waals surface area contributed by atoms with Crippen LogP contribution in [0, 0.1) is 5.92 Å². The van der Waals surface area contributed by atoms with Crippen LogP contribution in [0.2, 0.25) is 0 Å². The summed E-state index contributed by atoms with van der Waals surface area (Å²) in [6, 6.07) is 0. The summed E-state index contributed by atoms with van der Waals surface area (Å²) in [7, 11) is 0. The molecule has 0 aromatic heterocycles. The van der Waals surface area contributed by atoms with Crippen molar-refractivity contribution in [2.45, 2.75) is 71.5 Å². The summed E-state index contributed by atoms with van der Waals surface area (Å²) in [4.78, 5) is 12.1. The first-order valence-electron chi connectivity index (χ1n) is 8.31. The number of carbonyl (C=O) groups is 1. The van der Waals surface area contributed by atoms with Crippen molar-refractivity contribution in [2.24, 2.45) is 5.92 Å². The van der Waals surface area contributed by atoms with Crippen molar-refractivity contribution in [1.29, 1.82) is 0 Å². The van der Waals surface area contributed by atoms with Gasteiger partial charge in [-0.2, -0.15) is 0 Å². The van der Waals surface area contributed by atoms with Gasteiger partial charge >= 0.3 is 0 Å². The molecular weight excluding hydrogens is 252 g/mol. The number of hydrogen-bond acceptors (Lipinski definition) is 3. The Bertz CT molecular complexity index is 271. The van der Waals surface area contributed by atoms with Gasteiger partial charge in [-0.05, 0) is 38.1 Å². The van der Waals surface area contributed by atoms with Gasteiger partial charge in [0.25, 0.3) is 0 Å². The van der Waals surface area contributed by atoms with Gasteiger partial charge in [0, 0.05) is 13.1 Å². The van der Waals surface area contributed by atoms with E-state index in [1.54, 1.807) is 0 Å². The molecule has 118 valence electrons. The van der Waals surface area contributed by atoms with Crippen LogP contribution >= 0.6 is 0 Å². The first kappa shape index (κ1) is 17.4. The van der Waals surface area contributed by atoms with Crippen LogP contribution < -0.4 is 10.6 Å². The second-order valence-electron chi connectivity index (χ2n) is 5.97. The molecule has 1 aliphatic carbocycles. The van der Waals surface area contributed by atoms with Crippen LogP contribution in [0.3, 0.4) is 0 Å². The van der Waals surface area contributed by atoms with E-state index < -0.39 is 0 Å². The Morgan fingerprint density at radius 2 is 2.05 bits per heavy atom. The average molecular weight is 284 g/mol. The van der Waals surface area contributed by atoms with Gasteiger partial charge in [0.15, 0.2) is 0 Å². The second kappa shape index (κ2) is 10.2. The molecule has 0 bridgehead atoms. The molecule has 4 nitrogen and oxygen atoms in total. The summed E-state index contributed by atoms with van der Waals surface area (Å²) in [6.45, 7) is 8.94. The van der Waals surface area contributed by atoms with Crippen LogP contribution in [0.4, 0.5) is 0 Å². The van der Waals surface area contributed by atoms with E-state index >= 15 is 0 Å². The van der Waals surface area contributed by atoms with Crippen LogP contribution in [-0.2, 0) is 9.53 Å². The highest BCUT2D eigenvalue weighted by Crippen LogP contribution is 2.26. The molecule has 4 heteroatoms. The van der Waals surface area contributed by atoms with E-state index in [0.717, 1.165) is 44.7 Å². The molecule has 3 unspecified atom stereocenters. The number of hydrogen-bond donors (Lipinski definition) is 2. The lowest BCUT2D eigenvalue weighted by Gasteiger charge is -2.29. The lowest BCUT2D eigenvalue weighted by atomic mass is 9.88. The van der Waals surface area contributed by atoms with Gasteiger partial charge in [-0.3, -0.25) is 4.79 Å². The molecule has 1 rings (SSSR count). The number of nitrogens with one attached hydrogen (secondary N) is 2. The summed E-state index contributed by atoms with van der Waals surface area (Å²) >= 11 is 0. The zero-order valence-corrected chi connectivity index (χ0v) is 13.4. The van der Waals surface area contributed by atoms with Crippen molar-refractivity contribution in [2.75, 3.05) is 19.6 Å². The third-order valence-corrected chi connectivity index (χ3v) is 3.94. The molecule has 2 N–H and O–H groups in total. The van der Waals surface area contributed by atoms with Crippen LogP contribution in [-0.4, -0.2) is 37.7 Å². The molecular formula is C16H32N2O2. The Balaban J connectivity index is 2.24. The third kappa shape index (κ3) is 6.71. The van der Waals surface area contributed by atoms with Crippen molar-refractivity contribution < 1.29 is 9.53 Å². The quantitative estimate of drug-likeness (QED) is 0.640. The minimum atomic E-state index is -0.281. The second-order valence-corrected chi connectivity index (χ2v) is 5.97. The Hall–Kier alpha value is -0.610. The summed E-state index contributed by atoms with van der Waals surface area (Å²) in [6.07, 6.45) is 6.59. The fraction of sp³-hybridized carbons (Fsp3) is 0.938. The molecule has 0 aromatic rings.